The third-order valence-electron chi connectivity index (χ3n) is 2.98. The Morgan fingerprint density at radius 2 is 1.79 bits per heavy atom. The number of benzene rings is 1. The molecule has 3 heteroatoms. The molecular weight excluding hydrogens is 249 g/mol. The summed E-state index contributed by atoms with van der Waals surface area (Å²) in [5.41, 5.74) is 1.52. The van der Waals surface area contributed by atoms with E-state index in [9.17, 15) is 13.2 Å². The number of allylic oxidation sites excluding steroid dienone is 3. The van der Waals surface area contributed by atoms with E-state index in [1.54, 1.807) is 6.08 Å². The minimum Gasteiger partial charge on any atom is -0.166 e. The van der Waals surface area contributed by atoms with Crippen molar-refractivity contribution in [3.05, 3.63) is 59.7 Å². The molecule has 1 unspecified atom stereocenters. The van der Waals surface area contributed by atoms with Gasteiger partial charge in [0.05, 0.1) is 5.56 Å². The summed E-state index contributed by atoms with van der Waals surface area (Å²) in [6, 6.07) is 5.34. The van der Waals surface area contributed by atoms with Crippen molar-refractivity contribution in [3.63, 3.8) is 0 Å². The molecule has 0 spiro atoms. The number of alkyl halides is 3. The second-order valence-electron chi connectivity index (χ2n) is 4.82. The van der Waals surface area contributed by atoms with E-state index in [1.807, 2.05) is 13.8 Å². The largest absolute Gasteiger partial charge is 0.416 e. The lowest BCUT2D eigenvalue weighted by atomic mass is 9.93. The van der Waals surface area contributed by atoms with Crippen LogP contribution in [0.1, 0.15) is 43.7 Å². The van der Waals surface area contributed by atoms with Crippen LogP contribution in [0.15, 0.2) is 48.6 Å². The van der Waals surface area contributed by atoms with Crippen LogP contribution in [-0.2, 0) is 6.18 Å². The molecule has 0 saturated carbocycles. The molecular formula is C16H19F3. The highest BCUT2D eigenvalue weighted by molar-refractivity contribution is 5.29. The predicted molar refractivity (Wildman–Crippen MR) is 73.0 cm³/mol. The highest BCUT2D eigenvalue weighted by Gasteiger charge is 2.30. The summed E-state index contributed by atoms with van der Waals surface area (Å²) in [7, 11) is 0. The Morgan fingerprint density at radius 1 is 1.21 bits per heavy atom. The van der Waals surface area contributed by atoms with Gasteiger partial charge in [0.1, 0.15) is 0 Å². The highest BCUT2D eigenvalue weighted by atomic mass is 19.4. The zero-order valence-electron chi connectivity index (χ0n) is 11.3. The summed E-state index contributed by atoms with van der Waals surface area (Å²) < 4.78 is 37.4. The monoisotopic (exact) mass is 268 g/mol. The zero-order chi connectivity index (χ0) is 14.5. The van der Waals surface area contributed by atoms with Crippen LogP contribution in [0.4, 0.5) is 13.2 Å². The summed E-state index contributed by atoms with van der Waals surface area (Å²) in [6.45, 7) is 7.82. The first-order chi connectivity index (χ1) is 8.84. The van der Waals surface area contributed by atoms with Crippen molar-refractivity contribution in [2.75, 3.05) is 0 Å². The minimum absolute atomic E-state index is 0.0953. The second kappa shape index (κ2) is 6.60. The van der Waals surface area contributed by atoms with Crippen molar-refractivity contribution in [3.8, 4) is 0 Å². The van der Waals surface area contributed by atoms with Crippen molar-refractivity contribution in [2.24, 2.45) is 0 Å². The molecule has 0 aliphatic rings. The molecule has 0 aliphatic carbocycles. The molecule has 0 fully saturated rings. The van der Waals surface area contributed by atoms with Gasteiger partial charge in [0.25, 0.3) is 0 Å². The van der Waals surface area contributed by atoms with E-state index < -0.39 is 11.7 Å². The van der Waals surface area contributed by atoms with Gasteiger partial charge in [-0.1, -0.05) is 29.9 Å². The van der Waals surface area contributed by atoms with Gasteiger partial charge >= 0.3 is 6.18 Å². The molecule has 0 aromatic heterocycles. The average Bonchev–Trinajstić information content (AvgIpc) is 2.33. The first kappa shape index (κ1) is 15.5. The Labute approximate surface area is 112 Å². The van der Waals surface area contributed by atoms with Crippen LogP contribution in [0.25, 0.3) is 0 Å². The first-order valence-corrected chi connectivity index (χ1v) is 6.27. The van der Waals surface area contributed by atoms with Crippen LogP contribution in [-0.4, -0.2) is 0 Å². The molecule has 19 heavy (non-hydrogen) atoms. The quantitative estimate of drug-likeness (QED) is 0.599. The van der Waals surface area contributed by atoms with Crippen LogP contribution < -0.4 is 0 Å². The lowest BCUT2D eigenvalue weighted by Gasteiger charge is -2.13. The Morgan fingerprint density at radius 3 is 2.21 bits per heavy atom. The molecule has 0 radical (unpaired) electrons. The van der Waals surface area contributed by atoms with Crippen LogP contribution in [0.2, 0.25) is 0 Å². The third kappa shape index (κ3) is 4.93. The van der Waals surface area contributed by atoms with E-state index in [0.717, 1.165) is 30.5 Å². The Hall–Kier alpha value is -1.51. The topological polar surface area (TPSA) is 0 Å². The third-order valence-corrected chi connectivity index (χ3v) is 2.98. The molecule has 0 N–H and O–H groups in total. The van der Waals surface area contributed by atoms with Gasteiger partial charge < -0.3 is 0 Å². The van der Waals surface area contributed by atoms with Crippen molar-refractivity contribution in [1.29, 1.82) is 0 Å². The normalized spacial score (nSPS) is 12.9. The van der Waals surface area contributed by atoms with E-state index in [2.05, 4.69) is 12.7 Å². The molecule has 1 atom stereocenters. The van der Waals surface area contributed by atoms with Gasteiger partial charge in [-0.25, -0.2) is 0 Å². The van der Waals surface area contributed by atoms with E-state index >= 15 is 0 Å². The van der Waals surface area contributed by atoms with Crippen LogP contribution >= 0.6 is 0 Å². The van der Waals surface area contributed by atoms with Crippen molar-refractivity contribution >= 4 is 0 Å². The smallest absolute Gasteiger partial charge is 0.166 e. The fraction of sp³-hybridized carbons (Fsp3) is 0.375. The van der Waals surface area contributed by atoms with E-state index in [-0.39, 0.29) is 5.92 Å². The first-order valence-electron chi connectivity index (χ1n) is 6.27. The van der Waals surface area contributed by atoms with Gasteiger partial charge in [-0.05, 0) is 44.4 Å². The standard InChI is InChI=1S/C16H19F3/c1-4-13(7-5-6-12(2)3)14-8-10-15(11-9-14)16(17,18)19/h4,6,8-11,13H,1,5,7H2,2-3H3. The molecule has 0 heterocycles. The molecule has 0 aliphatic heterocycles. The molecule has 0 saturated heterocycles. The lowest BCUT2D eigenvalue weighted by molar-refractivity contribution is -0.137. The van der Waals surface area contributed by atoms with Crippen LogP contribution in [0.3, 0.4) is 0 Å². The van der Waals surface area contributed by atoms with Gasteiger partial charge in [-0.2, -0.15) is 13.2 Å². The van der Waals surface area contributed by atoms with Gasteiger partial charge in [-0.3, -0.25) is 0 Å². The number of halogens is 3. The van der Waals surface area contributed by atoms with Gasteiger partial charge in [-0.15, -0.1) is 6.58 Å². The summed E-state index contributed by atoms with van der Waals surface area (Å²) >= 11 is 0. The molecule has 0 nitrogen and oxygen atoms in total. The summed E-state index contributed by atoms with van der Waals surface area (Å²) in [5, 5.41) is 0. The van der Waals surface area contributed by atoms with Gasteiger partial charge in [0, 0.05) is 5.92 Å². The average molecular weight is 268 g/mol. The van der Waals surface area contributed by atoms with Crippen molar-refractivity contribution in [2.45, 2.75) is 38.8 Å². The van der Waals surface area contributed by atoms with Gasteiger partial charge in [0.2, 0.25) is 0 Å². The van der Waals surface area contributed by atoms with Crippen molar-refractivity contribution in [1.82, 2.24) is 0 Å². The molecule has 1 rings (SSSR count). The van der Waals surface area contributed by atoms with Crippen molar-refractivity contribution < 1.29 is 13.2 Å². The molecule has 0 bridgehead atoms. The van der Waals surface area contributed by atoms with E-state index in [0.29, 0.717) is 0 Å². The highest BCUT2D eigenvalue weighted by Crippen LogP contribution is 2.31. The molecule has 1 aromatic rings. The molecule has 1 aromatic carbocycles. The lowest BCUT2D eigenvalue weighted by Crippen LogP contribution is -2.05. The Kier molecular flexibility index (Phi) is 5.40. The summed E-state index contributed by atoms with van der Waals surface area (Å²) in [4.78, 5) is 0. The molecule has 104 valence electrons. The van der Waals surface area contributed by atoms with E-state index in [1.165, 1.54) is 17.7 Å². The molecule has 0 amide bonds. The second-order valence-corrected chi connectivity index (χ2v) is 4.82. The van der Waals surface area contributed by atoms with Gasteiger partial charge in [0.15, 0.2) is 0 Å². The number of rotatable bonds is 5. The zero-order valence-corrected chi connectivity index (χ0v) is 11.3. The predicted octanol–water partition coefficient (Wildman–Crippen LogP) is 5.72. The van der Waals surface area contributed by atoms with Crippen LogP contribution in [0, 0.1) is 0 Å². The fourth-order valence-electron chi connectivity index (χ4n) is 1.89. The summed E-state index contributed by atoms with van der Waals surface area (Å²) in [5.74, 6) is 0.0953. The van der Waals surface area contributed by atoms with E-state index in [4.69, 9.17) is 0 Å². The SMILES string of the molecule is C=CC(CCC=C(C)C)c1ccc(C(F)(F)F)cc1. The number of hydrogen-bond acceptors (Lipinski definition) is 0. The maximum absolute atomic E-state index is 12.5. The number of hydrogen-bond donors (Lipinski definition) is 0. The summed E-state index contributed by atoms with van der Waals surface area (Å²) in [6.07, 6.45) is 1.41. The fourth-order valence-corrected chi connectivity index (χ4v) is 1.89. The Bertz CT molecular complexity index is 434. The van der Waals surface area contributed by atoms with Crippen LogP contribution in [0.5, 0.6) is 0 Å². The maximum atomic E-state index is 12.5. The Balaban J connectivity index is 2.77. The maximum Gasteiger partial charge on any atom is 0.416 e. The minimum atomic E-state index is -4.27.